The van der Waals surface area contributed by atoms with Crippen LogP contribution in [-0.2, 0) is 44.4 Å². The summed E-state index contributed by atoms with van der Waals surface area (Å²) < 4.78 is 44.6. The van der Waals surface area contributed by atoms with Crippen molar-refractivity contribution in [3.05, 3.63) is 53.6 Å². The average Bonchev–Trinajstić information content (AvgIpc) is 3.20. The number of carbonyl (C=O) groups excluding carboxylic acids is 1. The lowest BCUT2D eigenvalue weighted by molar-refractivity contribution is -0.389. The van der Waals surface area contributed by atoms with E-state index in [2.05, 4.69) is 0 Å². The van der Waals surface area contributed by atoms with E-state index in [9.17, 15) is 66.1 Å². The molecule has 0 aliphatic carbocycles. The summed E-state index contributed by atoms with van der Waals surface area (Å²) in [5, 5.41) is 125. The van der Waals surface area contributed by atoms with Crippen molar-refractivity contribution in [2.75, 3.05) is 33.5 Å². The van der Waals surface area contributed by atoms with Crippen molar-refractivity contribution in [1.82, 2.24) is 0 Å². The van der Waals surface area contributed by atoms with E-state index in [1.54, 1.807) is 0 Å². The molecular weight excluding hydrogens is 768 g/mol. The lowest BCUT2D eigenvalue weighted by atomic mass is 9.96. The second kappa shape index (κ2) is 19.8. The standard InChI is InChI=1S/C36H48O21/c1-50-20-11-15(3-6-18(20)40)4-7-24(42)52-14-23-27(45)32(31(49)34(55-23)51-9-8-16-2-5-17(39)19(41)10-16)56-36-33(29(47)26(44)22(13-38)54-36)57-35-30(48)28(46)25(43)21(12-37)53-35/h2-7,10-11,21-23,25-41,43-49H,8-9,12-14H2,1H3/t21-,22-,23-,25-,26-,27-,28+,29+,30-,31-,32+,33-,34-,35+,36+/m0/s1. The number of hydrogen-bond donors (Lipinski definition) is 12. The quantitative estimate of drug-likeness (QED) is 0.0464. The fourth-order valence-corrected chi connectivity index (χ4v) is 6.33. The number of aliphatic hydroxyl groups is 9. The Bertz CT molecular complexity index is 1640. The van der Waals surface area contributed by atoms with E-state index in [0.29, 0.717) is 11.1 Å². The number of benzene rings is 2. The number of phenols is 3. The molecular formula is C36H48O21. The van der Waals surface area contributed by atoms with E-state index in [4.69, 9.17) is 37.9 Å². The minimum atomic E-state index is -1.98. The first kappa shape index (κ1) is 44.4. The van der Waals surface area contributed by atoms with Gasteiger partial charge >= 0.3 is 5.97 Å². The number of carbonyl (C=O) groups is 1. The van der Waals surface area contributed by atoms with E-state index in [1.807, 2.05) is 0 Å². The van der Waals surface area contributed by atoms with Gasteiger partial charge in [-0.1, -0.05) is 12.1 Å². The zero-order chi connectivity index (χ0) is 41.6. The molecule has 3 aliphatic heterocycles. The molecule has 3 saturated heterocycles. The molecule has 0 aromatic heterocycles. The Morgan fingerprint density at radius 3 is 1.96 bits per heavy atom. The fraction of sp³-hybridized carbons (Fsp3) is 0.583. The van der Waals surface area contributed by atoms with Crippen LogP contribution in [0.15, 0.2) is 42.5 Å². The number of rotatable bonds is 15. The van der Waals surface area contributed by atoms with Crippen LogP contribution in [0.25, 0.3) is 6.08 Å². The van der Waals surface area contributed by atoms with Gasteiger partial charge in [0.25, 0.3) is 0 Å². The Balaban J connectivity index is 1.35. The molecule has 57 heavy (non-hydrogen) atoms. The number of aromatic hydroxyl groups is 3. The summed E-state index contributed by atoms with van der Waals surface area (Å²) in [6.07, 6.45) is -24.2. The number of esters is 1. The van der Waals surface area contributed by atoms with Gasteiger partial charge < -0.3 is 99.2 Å². The molecule has 0 radical (unpaired) electrons. The Morgan fingerprint density at radius 1 is 0.667 bits per heavy atom. The maximum absolute atomic E-state index is 12.7. The SMILES string of the molecule is COc1cc(C=CC(=O)OC[C@@H]2O[C@H](OCCc3ccc(O)c(O)c3)[C@@H](O)[C@H](O[C@H]3O[C@@H](CO)[C@H](O)[C@@H](O)[C@@H]3O[C@H]3O[C@@H](CO)[C@H](O)[C@@H](O)[C@@H]3O)[C@H]2O)ccc1O. The highest BCUT2D eigenvalue weighted by molar-refractivity contribution is 5.87. The molecule has 3 fully saturated rings. The van der Waals surface area contributed by atoms with Gasteiger partial charge in [-0.3, -0.25) is 0 Å². The maximum atomic E-state index is 12.7. The van der Waals surface area contributed by atoms with Gasteiger partial charge in [-0.25, -0.2) is 4.79 Å². The molecule has 21 nitrogen and oxygen atoms in total. The molecule has 0 bridgehead atoms. The van der Waals surface area contributed by atoms with Gasteiger partial charge in [0.1, 0.15) is 79.9 Å². The molecule has 2 aromatic carbocycles. The molecule has 3 aliphatic rings. The van der Waals surface area contributed by atoms with E-state index < -0.39 is 118 Å². The van der Waals surface area contributed by atoms with Crippen molar-refractivity contribution >= 4 is 12.0 Å². The van der Waals surface area contributed by atoms with Crippen LogP contribution in [-0.4, -0.2) is 193 Å². The summed E-state index contributed by atoms with van der Waals surface area (Å²) in [6, 6.07) is 8.35. The zero-order valence-electron chi connectivity index (χ0n) is 30.4. The van der Waals surface area contributed by atoms with E-state index in [1.165, 1.54) is 49.6 Å². The van der Waals surface area contributed by atoms with Crippen LogP contribution in [0, 0.1) is 0 Å². The third-order valence-corrected chi connectivity index (χ3v) is 9.62. The highest BCUT2D eigenvalue weighted by atomic mass is 16.8. The topological polar surface area (TPSA) is 334 Å². The number of phenolic OH excluding ortho intramolecular Hbond substituents is 3. The molecule has 3 heterocycles. The Labute approximate surface area is 324 Å². The van der Waals surface area contributed by atoms with E-state index >= 15 is 0 Å². The van der Waals surface area contributed by atoms with Crippen LogP contribution in [0.3, 0.4) is 0 Å². The minimum Gasteiger partial charge on any atom is -0.504 e. The first-order chi connectivity index (χ1) is 27.2. The normalized spacial score (nSPS) is 35.9. The molecule has 0 unspecified atom stereocenters. The van der Waals surface area contributed by atoms with Gasteiger partial charge in [0.05, 0.1) is 26.9 Å². The summed E-state index contributed by atoms with van der Waals surface area (Å²) in [5.41, 5.74) is 0.974. The van der Waals surface area contributed by atoms with Crippen LogP contribution >= 0.6 is 0 Å². The second-order valence-electron chi connectivity index (χ2n) is 13.5. The highest BCUT2D eigenvalue weighted by Gasteiger charge is 2.54. The molecule has 15 atom stereocenters. The molecule has 318 valence electrons. The van der Waals surface area contributed by atoms with Crippen LogP contribution in [0.2, 0.25) is 0 Å². The molecule has 0 amide bonds. The summed E-state index contributed by atoms with van der Waals surface area (Å²) in [7, 11) is 1.35. The molecule has 2 aromatic rings. The monoisotopic (exact) mass is 816 g/mol. The third-order valence-electron chi connectivity index (χ3n) is 9.62. The minimum absolute atomic E-state index is 0.115. The summed E-state index contributed by atoms with van der Waals surface area (Å²) in [4.78, 5) is 12.7. The van der Waals surface area contributed by atoms with Gasteiger partial charge in [-0.15, -0.1) is 0 Å². The van der Waals surface area contributed by atoms with Gasteiger partial charge in [-0.2, -0.15) is 0 Å². The van der Waals surface area contributed by atoms with Gasteiger partial charge in [0, 0.05) is 6.08 Å². The smallest absolute Gasteiger partial charge is 0.330 e. The average molecular weight is 817 g/mol. The number of hydrogen-bond acceptors (Lipinski definition) is 21. The van der Waals surface area contributed by atoms with Crippen LogP contribution < -0.4 is 4.74 Å². The Hall–Kier alpha value is -3.75. The van der Waals surface area contributed by atoms with Crippen molar-refractivity contribution in [2.24, 2.45) is 0 Å². The number of methoxy groups -OCH3 is 1. The van der Waals surface area contributed by atoms with Crippen LogP contribution in [0.5, 0.6) is 23.0 Å². The molecule has 0 saturated carbocycles. The summed E-state index contributed by atoms with van der Waals surface area (Å²) in [6.45, 7) is -2.53. The van der Waals surface area contributed by atoms with Crippen LogP contribution in [0.1, 0.15) is 11.1 Å². The maximum Gasteiger partial charge on any atom is 0.330 e. The number of aliphatic hydroxyl groups excluding tert-OH is 9. The highest BCUT2D eigenvalue weighted by Crippen LogP contribution is 2.34. The van der Waals surface area contributed by atoms with Gasteiger partial charge in [0.2, 0.25) is 0 Å². The van der Waals surface area contributed by atoms with Gasteiger partial charge in [-0.05, 0) is 47.9 Å². The van der Waals surface area contributed by atoms with Crippen molar-refractivity contribution in [2.45, 2.75) is 98.5 Å². The van der Waals surface area contributed by atoms with Crippen molar-refractivity contribution in [3.63, 3.8) is 0 Å². The van der Waals surface area contributed by atoms with Crippen molar-refractivity contribution in [3.8, 4) is 23.0 Å². The molecule has 21 heteroatoms. The fourth-order valence-electron chi connectivity index (χ4n) is 6.33. The zero-order valence-corrected chi connectivity index (χ0v) is 30.4. The molecule has 12 N–H and O–H groups in total. The largest absolute Gasteiger partial charge is 0.504 e. The third kappa shape index (κ3) is 10.5. The number of ether oxygens (including phenoxy) is 8. The Morgan fingerprint density at radius 2 is 1.30 bits per heavy atom. The lowest BCUT2D eigenvalue weighted by Crippen LogP contribution is -2.67. The summed E-state index contributed by atoms with van der Waals surface area (Å²) >= 11 is 0. The molecule has 0 spiro atoms. The Kier molecular flexibility index (Phi) is 15.4. The predicted molar refractivity (Wildman–Crippen MR) is 186 cm³/mol. The van der Waals surface area contributed by atoms with Crippen LogP contribution in [0.4, 0.5) is 0 Å². The molecule has 5 rings (SSSR count). The predicted octanol–water partition coefficient (Wildman–Crippen LogP) is -3.92. The second-order valence-corrected chi connectivity index (χ2v) is 13.5. The lowest BCUT2D eigenvalue weighted by Gasteiger charge is -2.48. The summed E-state index contributed by atoms with van der Waals surface area (Å²) in [5.74, 6) is -1.62. The first-order valence-electron chi connectivity index (χ1n) is 17.8. The van der Waals surface area contributed by atoms with E-state index in [0.717, 1.165) is 6.08 Å². The van der Waals surface area contributed by atoms with Gasteiger partial charge in [0.15, 0.2) is 41.9 Å². The first-order valence-corrected chi connectivity index (χ1v) is 17.8. The van der Waals surface area contributed by atoms with E-state index in [-0.39, 0.29) is 36.0 Å². The van der Waals surface area contributed by atoms with Crippen molar-refractivity contribution < 1.29 is 104 Å². The van der Waals surface area contributed by atoms with Crippen molar-refractivity contribution in [1.29, 1.82) is 0 Å².